The van der Waals surface area contributed by atoms with Gasteiger partial charge >= 0.3 is 0 Å². The van der Waals surface area contributed by atoms with E-state index in [9.17, 15) is 9.50 Å². The first-order valence-corrected chi connectivity index (χ1v) is 7.02. The van der Waals surface area contributed by atoms with Crippen molar-refractivity contribution in [3.05, 3.63) is 54.3 Å². The Bertz CT molecular complexity index is 574. The maximum Gasteiger partial charge on any atom is 0.131 e. The molecule has 3 rings (SSSR count). The second-order valence-corrected chi connectivity index (χ2v) is 5.24. The predicted octanol–water partition coefficient (Wildman–Crippen LogP) is 3.45. The number of benzene rings is 2. The monoisotopic (exact) mass is 271 g/mol. The number of anilines is 1. The van der Waals surface area contributed by atoms with E-state index in [0.29, 0.717) is 5.56 Å². The summed E-state index contributed by atoms with van der Waals surface area (Å²) in [6.45, 7) is 1.75. The Kier molecular flexibility index (Phi) is 3.70. The summed E-state index contributed by atoms with van der Waals surface area (Å²) in [6.07, 6.45) is 1.47. The van der Waals surface area contributed by atoms with Crippen LogP contribution in [0.2, 0.25) is 0 Å². The van der Waals surface area contributed by atoms with Crippen molar-refractivity contribution in [1.82, 2.24) is 0 Å². The first kappa shape index (κ1) is 13.1. The van der Waals surface area contributed by atoms with Gasteiger partial charge in [-0.25, -0.2) is 4.39 Å². The van der Waals surface area contributed by atoms with Gasteiger partial charge in [0.25, 0.3) is 0 Å². The van der Waals surface area contributed by atoms with Gasteiger partial charge in [-0.3, -0.25) is 0 Å². The molecule has 20 heavy (non-hydrogen) atoms. The van der Waals surface area contributed by atoms with Crippen LogP contribution in [0.3, 0.4) is 0 Å². The smallest absolute Gasteiger partial charge is 0.131 e. The number of piperidine rings is 1. The Labute approximate surface area is 118 Å². The Balaban J connectivity index is 1.80. The van der Waals surface area contributed by atoms with Crippen molar-refractivity contribution < 1.29 is 9.50 Å². The summed E-state index contributed by atoms with van der Waals surface area (Å²) in [6, 6.07) is 14.8. The SMILES string of the molecule is OC1CCN(c2ccc(-c3ccccc3F)cc2)CC1. The van der Waals surface area contributed by atoms with E-state index in [1.54, 1.807) is 12.1 Å². The molecular formula is C17H18FNO. The lowest BCUT2D eigenvalue weighted by Gasteiger charge is -2.31. The van der Waals surface area contributed by atoms with Crippen molar-refractivity contribution in [2.45, 2.75) is 18.9 Å². The summed E-state index contributed by atoms with van der Waals surface area (Å²) in [4.78, 5) is 2.26. The molecule has 0 spiro atoms. The Morgan fingerprint density at radius 2 is 1.60 bits per heavy atom. The van der Waals surface area contributed by atoms with Crippen molar-refractivity contribution >= 4 is 5.69 Å². The normalized spacial score (nSPS) is 16.4. The molecule has 0 bridgehead atoms. The van der Waals surface area contributed by atoms with Crippen LogP contribution < -0.4 is 4.90 Å². The van der Waals surface area contributed by atoms with Crippen molar-refractivity contribution in [3.63, 3.8) is 0 Å². The maximum atomic E-state index is 13.7. The van der Waals surface area contributed by atoms with Crippen molar-refractivity contribution in [2.24, 2.45) is 0 Å². The van der Waals surface area contributed by atoms with Crippen LogP contribution in [-0.4, -0.2) is 24.3 Å². The summed E-state index contributed by atoms with van der Waals surface area (Å²) in [7, 11) is 0. The molecule has 1 aliphatic heterocycles. The van der Waals surface area contributed by atoms with E-state index < -0.39 is 0 Å². The van der Waals surface area contributed by atoms with Gasteiger partial charge in [0.1, 0.15) is 5.82 Å². The molecule has 1 saturated heterocycles. The molecule has 2 aromatic rings. The van der Waals surface area contributed by atoms with E-state index in [0.717, 1.165) is 37.2 Å². The third-order valence-electron chi connectivity index (χ3n) is 3.88. The molecule has 3 heteroatoms. The molecule has 2 nitrogen and oxygen atoms in total. The van der Waals surface area contributed by atoms with Gasteiger partial charge in [0.15, 0.2) is 0 Å². The van der Waals surface area contributed by atoms with Gasteiger partial charge in [0.2, 0.25) is 0 Å². The second-order valence-electron chi connectivity index (χ2n) is 5.24. The Hall–Kier alpha value is -1.87. The van der Waals surface area contributed by atoms with Crippen molar-refractivity contribution in [2.75, 3.05) is 18.0 Å². The molecule has 0 radical (unpaired) electrons. The van der Waals surface area contributed by atoms with Crippen molar-refractivity contribution in [3.8, 4) is 11.1 Å². The van der Waals surface area contributed by atoms with Crippen LogP contribution in [0.15, 0.2) is 48.5 Å². The quantitative estimate of drug-likeness (QED) is 0.904. The molecule has 0 aromatic heterocycles. The number of rotatable bonds is 2. The fraction of sp³-hybridized carbons (Fsp3) is 0.294. The lowest BCUT2D eigenvalue weighted by Crippen LogP contribution is -2.35. The highest BCUT2D eigenvalue weighted by molar-refractivity contribution is 5.66. The standard InChI is InChI=1S/C17H18FNO/c18-17-4-2-1-3-16(17)13-5-7-14(8-6-13)19-11-9-15(20)10-12-19/h1-8,15,20H,9-12H2. The minimum absolute atomic E-state index is 0.163. The predicted molar refractivity (Wildman–Crippen MR) is 79.3 cm³/mol. The highest BCUT2D eigenvalue weighted by atomic mass is 19.1. The maximum absolute atomic E-state index is 13.7. The summed E-state index contributed by atoms with van der Waals surface area (Å²) < 4.78 is 13.7. The van der Waals surface area contributed by atoms with Gasteiger partial charge in [0, 0.05) is 24.3 Å². The second kappa shape index (κ2) is 5.63. The minimum atomic E-state index is -0.193. The van der Waals surface area contributed by atoms with Gasteiger partial charge in [-0.05, 0) is 36.6 Å². The van der Waals surface area contributed by atoms with Crippen LogP contribution in [0.1, 0.15) is 12.8 Å². The summed E-state index contributed by atoms with van der Waals surface area (Å²) >= 11 is 0. The van der Waals surface area contributed by atoms with Gasteiger partial charge in [0.05, 0.1) is 6.10 Å². The van der Waals surface area contributed by atoms with E-state index in [1.807, 2.05) is 30.3 Å². The van der Waals surface area contributed by atoms with Gasteiger partial charge in [-0.1, -0.05) is 30.3 Å². The van der Waals surface area contributed by atoms with Crippen LogP contribution >= 0.6 is 0 Å². The molecule has 1 N–H and O–H groups in total. The summed E-state index contributed by atoms with van der Waals surface area (Å²) in [5.41, 5.74) is 2.66. The summed E-state index contributed by atoms with van der Waals surface area (Å²) in [5, 5.41) is 9.53. The van der Waals surface area contributed by atoms with E-state index in [1.165, 1.54) is 6.07 Å². The Morgan fingerprint density at radius 1 is 0.950 bits per heavy atom. The van der Waals surface area contributed by atoms with E-state index in [-0.39, 0.29) is 11.9 Å². The fourth-order valence-electron chi connectivity index (χ4n) is 2.67. The molecule has 0 saturated carbocycles. The van der Waals surface area contributed by atoms with Crippen molar-refractivity contribution in [1.29, 1.82) is 0 Å². The Morgan fingerprint density at radius 3 is 2.25 bits per heavy atom. The van der Waals surface area contributed by atoms with Gasteiger partial charge in [-0.2, -0.15) is 0 Å². The molecule has 0 atom stereocenters. The first-order chi connectivity index (χ1) is 9.74. The van der Waals surface area contributed by atoms with Gasteiger partial charge in [-0.15, -0.1) is 0 Å². The lowest BCUT2D eigenvalue weighted by molar-refractivity contribution is 0.145. The van der Waals surface area contributed by atoms with Crippen LogP contribution in [0.25, 0.3) is 11.1 Å². The number of hydrogen-bond acceptors (Lipinski definition) is 2. The zero-order valence-corrected chi connectivity index (χ0v) is 11.3. The molecule has 1 fully saturated rings. The summed E-state index contributed by atoms with van der Waals surface area (Å²) in [5.74, 6) is -0.193. The molecule has 1 aliphatic rings. The zero-order chi connectivity index (χ0) is 13.9. The zero-order valence-electron chi connectivity index (χ0n) is 11.3. The molecule has 0 aliphatic carbocycles. The third-order valence-corrected chi connectivity index (χ3v) is 3.88. The molecule has 1 heterocycles. The van der Waals surface area contributed by atoms with Crippen LogP contribution in [0, 0.1) is 5.82 Å². The largest absolute Gasteiger partial charge is 0.393 e. The molecule has 2 aromatic carbocycles. The molecular weight excluding hydrogens is 253 g/mol. The first-order valence-electron chi connectivity index (χ1n) is 7.02. The topological polar surface area (TPSA) is 23.5 Å². The van der Waals surface area contributed by atoms with Crippen LogP contribution in [0.5, 0.6) is 0 Å². The number of hydrogen-bond donors (Lipinski definition) is 1. The fourth-order valence-corrected chi connectivity index (χ4v) is 2.67. The average molecular weight is 271 g/mol. The van der Waals surface area contributed by atoms with Crippen LogP contribution in [-0.2, 0) is 0 Å². The molecule has 0 unspecified atom stereocenters. The highest BCUT2D eigenvalue weighted by Gasteiger charge is 2.17. The third kappa shape index (κ3) is 2.68. The number of nitrogens with zero attached hydrogens (tertiary/aromatic N) is 1. The number of halogens is 1. The average Bonchev–Trinajstić information content (AvgIpc) is 2.49. The number of aliphatic hydroxyl groups excluding tert-OH is 1. The molecule has 104 valence electrons. The van der Waals surface area contributed by atoms with Crippen LogP contribution in [0.4, 0.5) is 10.1 Å². The highest BCUT2D eigenvalue weighted by Crippen LogP contribution is 2.26. The molecule has 0 amide bonds. The van der Waals surface area contributed by atoms with E-state index in [4.69, 9.17) is 0 Å². The van der Waals surface area contributed by atoms with E-state index in [2.05, 4.69) is 4.90 Å². The lowest BCUT2D eigenvalue weighted by atomic mass is 10.0. The minimum Gasteiger partial charge on any atom is -0.393 e. The number of aliphatic hydroxyl groups is 1. The van der Waals surface area contributed by atoms with E-state index >= 15 is 0 Å². The van der Waals surface area contributed by atoms with Gasteiger partial charge < -0.3 is 10.0 Å².